The smallest absolute Gasteiger partial charge is 0.159 e. The molecule has 1 aliphatic rings. The highest BCUT2D eigenvalue weighted by Gasteiger charge is 2.29. The van der Waals surface area contributed by atoms with Crippen LogP contribution >= 0.6 is 0 Å². The summed E-state index contributed by atoms with van der Waals surface area (Å²) < 4.78 is 0. The SMILES string of the molecule is CN(C)CC1CC(C)(C)C=CC1=O. The van der Waals surface area contributed by atoms with Gasteiger partial charge in [0.2, 0.25) is 0 Å². The van der Waals surface area contributed by atoms with Gasteiger partial charge >= 0.3 is 0 Å². The van der Waals surface area contributed by atoms with Gasteiger partial charge in [-0.05, 0) is 32.0 Å². The van der Waals surface area contributed by atoms with Crippen LogP contribution in [-0.4, -0.2) is 31.3 Å². The minimum Gasteiger partial charge on any atom is -0.309 e. The molecule has 1 aliphatic carbocycles. The van der Waals surface area contributed by atoms with E-state index in [0.717, 1.165) is 13.0 Å². The minimum absolute atomic E-state index is 0.189. The molecule has 0 aromatic rings. The van der Waals surface area contributed by atoms with Crippen LogP contribution in [0.2, 0.25) is 0 Å². The van der Waals surface area contributed by atoms with Gasteiger partial charge in [-0.3, -0.25) is 4.79 Å². The molecule has 0 spiro atoms. The van der Waals surface area contributed by atoms with Gasteiger partial charge in [-0.15, -0.1) is 0 Å². The maximum Gasteiger partial charge on any atom is 0.159 e. The Hall–Kier alpha value is -0.630. The lowest BCUT2D eigenvalue weighted by Crippen LogP contribution is -2.33. The molecule has 0 saturated heterocycles. The van der Waals surface area contributed by atoms with Gasteiger partial charge in [-0.25, -0.2) is 0 Å². The van der Waals surface area contributed by atoms with Crippen molar-refractivity contribution in [2.45, 2.75) is 20.3 Å². The van der Waals surface area contributed by atoms with Gasteiger partial charge in [0, 0.05) is 12.5 Å². The predicted molar refractivity (Wildman–Crippen MR) is 54.6 cm³/mol. The van der Waals surface area contributed by atoms with E-state index in [2.05, 4.69) is 18.7 Å². The van der Waals surface area contributed by atoms with Crippen molar-refractivity contribution in [1.82, 2.24) is 4.90 Å². The first kappa shape index (κ1) is 10.5. The van der Waals surface area contributed by atoms with Crippen molar-refractivity contribution in [2.75, 3.05) is 20.6 Å². The standard InChI is InChI=1S/C11H19NO/c1-11(2)6-5-10(13)9(7-11)8-12(3)4/h5-6,9H,7-8H2,1-4H3. The number of carbonyl (C=O) groups excluding carboxylic acids is 1. The van der Waals surface area contributed by atoms with Crippen LogP contribution < -0.4 is 0 Å². The second-order valence-corrected chi connectivity index (χ2v) is 4.89. The second kappa shape index (κ2) is 3.62. The van der Waals surface area contributed by atoms with Gasteiger partial charge in [0.15, 0.2) is 5.78 Å². The Morgan fingerprint density at radius 1 is 1.54 bits per heavy atom. The summed E-state index contributed by atoms with van der Waals surface area (Å²) in [6, 6.07) is 0. The highest BCUT2D eigenvalue weighted by molar-refractivity contribution is 5.92. The molecule has 0 aromatic carbocycles. The van der Waals surface area contributed by atoms with Crippen molar-refractivity contribution in [3.05, 3.63) is 12.2 Å². The van der Waals surface area contributed by atoms with Crippen molar-refractivity contribution < 1.29 is 4.79 Å². The molecule has 0 aromatic heterocycles. The van der Waals surface area contributed by atoms with E-state index < -0.39 is 0 Å². The Bertz CT molecular complexity index is 228. The molecule has 0 heterocycles. The molecule has 0 aliphatic heterocycles. The van der Waals surface area contributed by atoms with Crippen LogP contribution in [0.3, 0.4) is 0 Å². The molecule has 13 heavy (non-hydrogen) atoms. The molecule has 0 N–H and O–H groups in total. The number of ketones is 1. The van der Waals surface area contributed by atoms with Crippen molar-refractivity contribution in [1.29, 1.82) is 0 Å². The van der Waals surface area contributed by atoms with E-state index in [9.17, 15) is 4.79 Å². The number of nitrogens with zero attached hydrogens (tertiary/aromatic N) is 1. The third kappa shape index (κ3) is 2.96. The predicted octanol–water partition coefficient (Wildman–Crippen LogP) is 1.72. The zero-order valence-corrected chi connectivity index (χ0v) is 9.00. The maximum absolute atomic E-state index is 11.5. The number of allylic oxidation sites excluding steroid dienone is 2. The van der Waals surface area contributed by atoms with E-state index in [1.54, 1.807) is 6.08 Å². The zero-order valence-electron chi connectivity index (χ0n) is 9.00. The van der Waals surface area contributed by atoms with Gasteiger partial charge in [0.25, 0.3) is 0 Å². The van der Waals surface area contributed by atoms with E-state index >= 15 is 0 Å². The maximum atomic E-state index is 11.5. The fourth-order valence-electron chi connectivity index (χ4n) is 1.84. The monoisotopic (exact) mass is 181 g/mol. The highest BCUT2D eigenvalue weighted by Crippen LogP contribution is 2.31. The third-order valence-electron chi connectivity index (χ3n) is 2.46. The molecule has 1 rings (SSSR count). The summed E-state index contributed by atoms with van der Waals surface area (Å²) in [6.07, 6.45) is 4.75. The molecular weight excluding hydrogens is 162 g/mol. The number of rotatable bonds is 2. The molecule has 0 saturated carbocycles. The van der Waals surface area contributed by atoms with Crippen LogP contribution in [0.4, 0.5) is 0 Å². The van der Waals surface area contributed by atoms with Gasteiger partial charge in [-0.2, -0.15) is 0 Å². The number of hydrogen-bond donors (Lipinski definition) is 0. The molecule has 0 radical (unpaired) electrons. The summed E-state index contributed by atoms with van der Waals surface area (Å²) in [4.78, 5) is 13.6. The van der Waals surface area contributed by atoms with E-state index in [4.69, 9.17) is 0 Å². The average Bonchev–Trinajstić information content (AvgIpc) is 1.95. The molecule has 1 atom stereocenters. The Morgan fingerprint density at radius 2 is 2.15 bits per heavy atom. The van der Waals surface area contributed by atoms with Crippen LogP contribution in [0.25, 0.3) is 0 Å². The minimum atomic E-state index is 0.189. The molecule has 2 nitrogen and oxygen atoms in total. The van der Waals surface area contributed by atoms with Crippen molar-refractivity contribution in [3.63, 3.8) is 0 Å². The molecule has 0 amide bonds. The van der Waals surface area contributed by atoms with Gasteiger partial charge in [0.05, 0.1) is 0 Å². The molecule has 2 heteroatoms. The first-order valence-corrected chi connectivity index (χ1v) is 4.78. The van der Waals surface area contributed by atoms with E-state index in [1.807, 2.05) is 20.2 Å². The normalized spacial score (nSPS) is 26.8. The fourth-order valence-corrected chi connectivity index (χ4v) is 1.84. The average molecular weight is 181 g/mol. The molecule has 1 unspecified atom stereocenters. The number of hydrogen-bond acceptors (Lipinski definition) is 2. The Morgan fingerprint density at radius 3 is 2.69 bits per heavy atom. The van der Waals surface area contributed by atoms with Crippen molar-refractivity contribution in [3.8, 4) is 0 Å². The van der Waals surface area contributed by atoms with Crippen LogP contribution in [0.1, 0.15) is 20.3 Å². The van der Waals surface area contributed by atoms with E-state index in [1.165, 1.54) is 0 Å². The van der Waals surface area contributed by atoms with Gasteiger partial charge < -0.3 is 4.90 Å². The van der Waals surface area contributed by atoms with Gasteiger partial charge in [-0.1, -0.05) is 19.9 Å². The van der Waals surface area contributed by atoms with E-state index in [0.29, 0.717) is 0 Å². The molecule has 74 valence electrons. The summed E-state index contributed by atoms with van der Waals surface area (Å²) in [5, 5.41) is 0. The van der Waals surface area contributed by atoms with E-state index in [-0.39, 0.29) is 17.1 Å². The highest BCUT2D eigenvalue weighted by atomic mass is 16.1. The van der Waals surface area contributed by atoms with Crippen molar-refractivity contribution >= 4 is 5.78 Å². The fraction of sp³-hybridized carbons (Fsp3) is 0.727. The third-order valence-corrected chi connectivity index (χ3v) is 2.46. The number of carbonyl (C=O) groups is 1. The van der Waals surface area contributed by atoms with Crippen LogP contribution in [-0.2, 0) is 4.79 Å². The van der Waals surface area contributed by atoms with Gasteiger partial charge in [0.1, 0.15) is 0 Å². The lowest BCUT2D eigenvalue weighted by atomic mass is 9.76. The largest absolute Gasteiger partial charge is 0.309 e. The lowest BCUT2D eigenvalue weighted by molar-refractivity contribution is -0.120. The first-order valence-electron chi connectivity index (χ1n) is 4.78. The second-order valence-electron chi connectivity index (χ2n) is 4.89. The Kier molecular flexibility index (Phi) is 2.91. The van der Waals surface area contributed by atoms with Crippen LogP contribution in [0.15, 0.2) is 12.2 Å². The first-order chi connectivity index (χ1) is 5.91. The molecule has 0 bridgehead atoms. The molecular formula is C11H19NO. The summed E-state index contributed by atoms with van der Waals surface area (Å²) in [5.74, 6) is 0.475. The summed E-state index contributed by atoms with van der Waals surface area (Å²) in [5.41, 5.74) is 0.189. The lowest BCUT2D eigenvalue weighted by Gasteiger charge is -2.30. The summed E-state index contributed by atoms with van der Waals surface area (Å²) in [6.45, 7) is 5.23. The zero-order chi connectivity index (χ0) is 10.1. The Balaban J connectivity index is 2.67. The van der Waals surface area contributed by atoms with Crippen molar-refractivity contribution in [2.24, 2.45) is 11.3 Å². The Labute approximate surface area is 80.6 Å². The quantitative estimate of drug-likeness (QED) is 0.646. The van der Waals surface area contributed by atoms with Crippen LogP contribution in [0, 0.1) is 11.3 Å². The topological polar surface area (TPSA) is 20.3 Å². The molecule has 0 fully saturated rings. The summed E-state index contributed by atoms with van der Waals surface area (Å²) >= 11 is 0. The summed E-state index contributed by atoms with van der Waals surface area (Å²) in [7, 11) is 4.03. The van der Waals surface area contributed by atoms with Crippen LogP contribution in [0.5, 0.6) is 0 Å².